The molecular weight excluding hydrogens is 154 g/mol. The Bertz CT molecular complexity index is 113. The summed E-state index contributed by atoms with van der Waals surface area (Å²) in [5.74, 6) is 0. The largest absolute Gasteiger partial charge is 0.367 e. The van der Waals surface area contributed by atoms with Crippen LogP contribution >= 0.6 is 0 Å². The van der Waals surface area contributed by atoms with Crippen molar-refractivity contribution in [3.63, 3.8) is 0 Å². The summed E-state index contributed by atoms with van der Waals surface area (Å²) in [6.07, 6.45) is 1.14. The number of aliphatic hydroxyl groups excluding tert-OH is 1. The van der Waals surface area contributed by atoms with Gasteiger partial charge in [0.2, 0.25) is 0 Å². The Morgan fingerprint density at radius 2 is 1.92 bits per heavy atom. The van der Waals surface area contributed by atoms with Crippen molar-refractivity contribution in [3.8, 4) is 0 Å². The Kier molecular flexibility index (Phi) is 5.46. The highest BCUT2D eigenvalue weighted by Crippen LogP contribution is 2.30. The van der Waals surface area contributed by atoms with Crippen molar-refractivity contribution in [1.82, 2.24) is 0 Å². The van der Waals surface area contributed by atoms with E-state index < -0.39 is 6.29 Å². The fourth-order valence-electron chi connectivity index (χ4n) is 0.980. The van der Waals surface area contributed by atoms with Gasteiger partial charge in [0.15, 0.2) is 6.29 Å². The molecule has 0 spiro atoms. The van der Waals surface area contributed by atoms with E-state index in [-0.39, 0.29) is 5.41 Å². The lowest BCUT2D eigenvalue weighted by atomic mass is 9.84. The number of hydrogen-bond acceptors (Lipinski definition) is 3. The first-order valence-corrected chi connectivity index (χ1v) is 4.60. The summed E-state index contributed by atoms with van der Waals surface area (Å²) in [6.45, 7) is 7.02. The van der Waals surface area contributed by atoms with Crippen LogP contribution in [0.1, 0.15) is 33.6 Å². The molecule has 74 valence electrons. The Balaban J connectivity index is 3.93. The van der Waals surface area contributed by atoms with E-state index in [1.807, 2.05) is 6.92 Å². The van der Waals surface area contributed by atoms with E-state index in [2.05, 4.69) is 13.8 Å². The fraction of sp³-hybridized carbons (Fsp3) is 1.00. The van der Waals surface area contributed by atoms with Crippen molar-refractivity contribution in [2.45, 2.75) is 39.9 Å². The molecule has 1 atom stereocenters. The van der Waals surface area contributed by atoms with Crippen molar-refractivity contribution < 1.29 is 9.84 Å². The number of rotatable bonds is 6. The number of aliphatic hydroxyl groups is 1. The molecule has 1 unspecified atom stereocenters. The molecular formula is C9H21NO2. The second-order valence-electron chi connectivity index (χ2n) is 3.37. The van der Waals surface area contributed by atoms with Crippen molar-refractivity contribution >= 4 is 0 Å². The van der Waals surface area contributed by atoms with E-state index in [1.165, 1.54) is 0 Å². The second kappa shape index (κ2) is 5.51. The highest BCUT2D eigenvalue weighted by molar-refractivity contribution is 4.73. The molecule has 0 bridgehead atoms. The number of ether oxygens (including phenoxy) is 1. The molecule has 0 aliphatic carbocycles. The van der Waals surface area contributed by atoms with Gasteiger partial charge in [0.1, 0.15) is 0 Å². The smallest absolute Gasteiger partial charge is 0.159 e. The highest BCUT2D eigenvalue weighted by Gasteiger charge is 2.29. The molecule has 0 aliphatic rings. The van der Waals surface area contributed by atoms with E-state index in [1.54, 1.807) is 0 Å². The molecule has 0 aromatic rings. The minimum absolute atomic E-state index is 0.130. The van der Waals surface area contributed by atoms with Gasteiger partial charge in [0, 0.05) is 12.0 Å². The fourth-order valence-corrected chi connectivity index (χ4v) is 0.980. The predicted octanol–water partition coefficient (Wildman–Crippen LogP) is 1.11. The quantitative estimate of drug-likeness (QED) is 0.594. The molecule has 3 heteroatoms. The van der Waals surface area contributed by atoms with Crippen LogP contribution in [0.3, 0.4) is 0 Å². The number of hydrogen-bond donors (Lipinski definition) is 2. The molecule has 3 N–H and O–H groups in total. The third-order valence-corrected chi connectivity index (χ3v) is 2.61. The minimum Gasteiger partial charge on any atom is -0.367 e. The SMILES string of the molecule is CCC(C)(CC)C(O)OCCN. The van der Waals surface area contributed by atoms with Crippen LogP contribution in [0.25, 0.3) is 0 Å². The monoisotopic (exact) mass is 175 g/mol. The molecule has 0 aromatic carbocycles. The summed E-state index contributed by atoms with van der Waals surface area (Å²) in [7, 11) is 0. The van der Waals surface area contributed by atoms with Gasteiger partial charge in [-0.2, -0.15) is 0 Å². The summed E-state index contributed by atoms with van der Waals surface area (Å²) in [5.41, 5.74) is 5.14. The maximum absolute atomic E-state index is 9.62. The van der Waals surface area contributed by atoms with Crippen LogP contribution in [0.2, 0.25) is 0 Å². The minimum atomic E-state index is -0.684. The Hall–Kier alpha value is -0.120. The van der Waals surface area contributed by atoms with E-state index in [0.717, 1.165) is 12.8 Å². The second-order valence-corrected chi connectivity index (χ2v) is 3.37. The van der Waals surface area contributed by atoms with Gasteiger partial charge in [-0.15, -0.1) is 0 Å². The van der Waals surface area contributed by atoms with Crippen LogP contribution in [0.15, 0.2) is 0 Å². The predicted molar refractivity (Wildman–Crippen MR) is 49.7 cm³/mol. The Morgan fingerprint density at radius 3 is 2.25 bits per heavy atom. The molecule has 0 saturated carbocycles. The topological polar surface area (TPSA) is 55.5 Å². The third-order valence-electron chi connectivity index (χ3n) is 2.61. The standard InChI is InChI=1S/C9H21NO2/c1-4-9(3,5-2)8(11)12-7-6-10/h8,11H,4-7,10H2,1-3H3. The molecule has 0 fully saturated rings. The van der Waals surface area contributed by atoms with Crippen LogP contribution < -0.4 is 5.73 Å². The molecule has 0 amide bonds. The van der Waals surface area contributed by atoms with Gasteiger partial charge in [-0.3, -0.25) is 0 Å². The zero-order valence-electron chi connectivity index (χ0n) is 8.34. The van der Waals surface area contributed by atoms with Crippen molar-refractivity contribution in [2.75, 3.05) is 13.2 Å². The molecule has 0 aromatic heterocycles. The first-order chi connectivity index (χ1) is 5.60. The van der Waals surface area contributed by atoms with Gasteiger partial charge in [-0.1, -0.05) is 20.8 Å². The maximum Gasteiger partial charge on any atom is 0.159 e. The number of nitrogens with two attached hydrogens (primary N) is 1. The highest BCUT2D eigenvalue weighted by atomic mass is 16.6. The first kappa shape index (κ1) is 11.9. The average Bonchev–Trinajstić information content (AvgIpc) is 2.12. The van der Waals surface area contributed by atoms with Crippen molar-refractivity contribution in [3.05, 3.63) is 0 Å². The summed E-state index contributed by atoms with van der Waals surface area (Å²) in [5, 5.41) is 9.62. The normalized spacial score (nSPS) is 14.8. The average molecular weight is 175 g/mol. The maximum atomic E-state index is 9.62. The molecule has 0 saturated heterocycles. The van der Waals surface area contributed by atoms with Gasteiger partial charge in [-0.25, -0.2) is 0 Å². The molecule has 0 aliphatic heterocycles. The van der Waals surface area contributed by atoms with Crippen LogP contribution in [0.4, 0.5) is 0 Å². The van der Waals surface area contributed by atoms with Crippen LogP contribution in [-0.2, 0) is 4.74 Å². The lowest BCUT2D eigenvalue weighted by Crippen LogP contribution is -2.34. The first-order valence-electron chi connectivity index (χ1n) is 4.60. The lowest BCUT2D eigenvalue weighted by molar-refractivity contribution is -0.170. The van der Waals surface area contributed by atoms with Gasteiger partial charge in [0.05, 0.1) is 6.61 Å². The van der Waals surface area contributed by atoms with Crippen LogP contribution in [-0.4, -0.2) is 24.5 Å². The van der Waals surface area contributed by atoms with Crippen molar-refractivity contribution in [1.29, 1.82) is 0 Å². The summed E-state index contributed by atoms with van der Waals surface area (Å²) in [4.78, 5) is 0. The third kappa shape index (κ3) is 3.09. The van der Waals surface area contributed by atoms with Gasteiger partial charge < -0.3 is 15.6 Å². The van der Waals surface area contributed by atoms with Gasteiger partial charge in [-0.05, 0) is 12.8 Å². The van der Waals surface area contributed by atoms with Crippen molar-refractivity contribution in [2.24, 2.45) is 11.1 Å². The van der Waals surface area contributed by atoms with Gasteiger partial charge >= 0.3 is 0 Å². The van der Waals surface area contributed by atoms with E-state index >= 15 is 0 Å². The van der Waals surface area contributed by atoms with Crippen LogP contribution in [0, 0.1) is 5.41 Å². The zero-order valence-corrected chi connectivity index (χ0v) is 8.34. The molecule has 12 heavy (non-hydrogen) atoms. The molecule has 0 rings (SSSR count). The van der Waals surface area contributed by atoms with E-state index in [9.17, 15) is 5.11 Å². The summed E-state index contributed by atoms with van der Waals surface area (Å²) < 4.78 is 5.17. The molecule has 3 nitrogen and oxygen atoms in total. The van der Waals surface area contributed by atoms with Crippen LogP contribution in [0.5, 0.6) is 0 Å². The van der Waals surface area contributed by atoms with E-state index in [0.29, 0.717) is 13.2 Å². The van der Waals surface area contributed by atoms with Gasteiger partial charge in [0.25, 0.3) is 0 Å². The summed E-state index contributed by atoms with van der Waals surface area (Å²) >= 11 is 0. The zero-order chi connectivity index (χ0) is 9.61. The molecule has 0 radical (unpaired) electrons. The lowest BCUT2D eigenvalue weighted by Gasteiger charge is -2.31. The molecule has 0 heterocycles. The van der Waals surface area contributed by atoms with E-state index in [4.69, 9.17) is 10.5 Å². The summed E-state index contributed by atoms with van der Waals surface area (Å²) in [6, 6.07) is 0. The Morgan fingerprint density at radius 1 is 1.42 bits per heavy atom. The Labute approximate surface area is 74.9 Å².